The third kappa shape index (κ3) is 2.32. The fourth-order valence-corrected chi connectivity index (χ4v) is 3.93. The van der Waals surface area contributed by atoms with Gasteiger partial charge in [-0.15, -0.1) is 5.11 Å². The average molecular weight is 332 g/mol. The van der Waals surface area contributed by atoms with Crippen LogP contribution in [0.25, 0.3) is 10.9 Å². The van der Waals surface area contributed by atoms with E-state index in [0.717, 1.165) is 40.8 Å². The van der Waals surface area contributed by atoms with E-state index in [-0.39, 0.29) is 0 Å². The minimum Gasteiger partial charge on any atom is -0.165 e. The molecule has 0 saturated carbocycles. The second-order valence-electron chi connectivity index (χ2n) is 6.10. The Morgan fingerprint density at radius 1 is 1.26 bits per heavy atom. The summed E-state index contributed by atoms with van der Waals surface area (Å²) in [5.41, 5.74) is 3.50. The summed E-state index contributed by atoms with van der Waals surface area (Å²) in [5.74, 6) is 0. The molecule has 3 rings (SSSR count). The lowest BCUT2D eigenvalue weighted by atomic mass is 10.0. The zero-order valence-corrected chi connectivity index (χ0v) is 15.0. The van der Waals surface area contributed by atoms with E-state index in [2.05, 4.69) is 67.2 Å². The van der Waals surface area contributed by atoms with Gasteiger partial charge in [0.25, 0.3) is 0 Å². The maximum Gasteiger partial charge on any atom is 0.171 e. The molecule has 1 aliphatic rings. The van der Waals surface area contributed by atoms with E-state index in [1.165, 1.54) is 5.56 Å². The van der Waals surface area contributed by atoms with Gasteiger partial charge in [0, 0.05) is 18.2 Å². The Kier molecular flexibility index (Phi) is 4.30. The highest BCUT2D eigenvalue weighted by Crippen LogP contribution is 2.35. The second kappa shape index (κ2) is 6.10. The Morgan fingerprint density at radius 3 is 2.57 bits per heavy atom. The van der Waals surface area contributed by atoms with Crippen LogP contribution in [0.1, 0.15) is 44.7 Å². The van der Waals surface area contributed by atoms with E-state index in [0.29, 0.717) is 10.7 Å². The van der Waals surface area contributed by atoms with Crippen molar-refractivity contribution in [3.05, 3.63) is 46.9 Å². The van der Waals surface area contributed by atoms with Crippen molar-refractivity contribution >= 4 is 22.5 Å². The van der Waals surface area contributed by atoms with E-state index in [9.17, 15) is 0 Å². The molecule has 1 unspecified atom stereocenters. The molecule has 122 valence electrons. The van der Waals surface area contributed by atoms with Crippen LogP contribution in [0.4, 0.5) is 0 Å². The Balaban J connectivity index is 2.29. The molecule has 1 aromatic carbocycles. The Hall–Kier alpha value is -1.65. The van der Waals surface area contributed by atoms with Gasteiger partial charge in [0.1, 0.15) is 17.8 Å². The summed E-state index contributed by atoms with van der Waals surface area (Å²) in [5, 5.41) is 10.7. The van der Waals surface area contributed by atoms with Crippen LogP contribution in [0.5, 0.6) is 0 Å². The fourth-order valence-electron chi connectivity index (χ4n) is 3.61. The number of quaternary nitrogens is 1. The Morgan fingerprint density at radius 2 is 2.00 bits per heavy atom. The van der Waals surface area contributed by atoms with Gasteiger partial charge in [0.15, 0.2) is 6.20 Å². The largest absolute Gasteiger partial charge is 0.171 e. The Bertz CT molecular complexity index is 772. The Labute approximate surface area is 142 Å². The maximum atomic E-state index is 6.76. The topological polar surface area (TPSA) is 29.6 Å². The number of hydrogen-bond acceptors (Lipinski definition) is 2. The number of aromatic nitrogens is 1. The molecule has 0 N–H and O–H groups in total. The first kappa shape index (κ1) is 16.2. The minimum atomic E-state index is 0.329. The first-order valence-electron chi connectivity index (χ1n) is 8.37. The zero-order chi connectivity index (χ0) is 16.6. The van der Waals surface area contributed by atoms with Crippen LogP contribution in [-0.2, 0) is 6.42 Å². The number of halogens is 1. The molecule has 0 radical (unpaired) electrons. The van der Waals surface area contributed by atoms with Gasteiger partial charge in [-0.25, -0.2) is 0 Å². The SMILES string of the molecule is CCc1cc2ccn([N+]3(C(CC)CC)C=CN=N3)c2c(Cl)c1C. The van der Waals surface area contributed by atoms with Crippen molar-refractivity contribution in [3.8, 4) is 0 Å². The molecule has 1 atom stereocenters. The summed E-state index contributed by atoms with van der Waals surface area (Å²) in [7, 11) is 0. The minimum absolute atomic E-state index is 0.329. The van der Waals surface area contributed by atoms with Crippen molar-refractivity contribution in [2.75, 3.05) is 0 Å². The van der Waals surface area contributed by atoms with Crippen molar-refractivity contribution < 1.29 is 0 Å². The highest BCUT2D eigenvalue weighted by Gasteiger charge is 2.40. The summed E-state index contributed by atoms with van der Waals surface area (Å²) in [4.78, 5) is 0. The molecule has 0 amide bonds. The number of nitrogens with zero attached hydrogens (tertiary/aromatic N) is 4. The van der Waals surface area contributed by atoms with E-state index < -0.39 is 0 Å². The molecule has 0 spiro atoms. The van der Waals surface area contributed by atoms with Gasteiger partial charge in [-0.05, 0) is 41.3 Å². The van der Waals surface area contributed by atoms with Gasteiger partial charge in [-0.1, -0.05) is 32.4 Å². The van der Waals surface area contributed by atoms with Crippen LogP contribution in [0.3, 0.4) is 0 Å². The predicted molar refractivity (Wildman–Crippen MR) is 97.0 cm³/mol. The second-order valence-corrected chi connectivity index (χ2v) is 6.48. The predicted octanol–water partition coefficient (Wildman–Crippen LogP) is 5.65. The lowest BCUT2D eigenvalue weighted by molar-refractivity contribution is 0.130. The van der Waals surface area contributed by atoms with Gasteiger partial charge in [-0.3, -0.25) is 0 Å². The van der Waals surface area contributed by atoms with Crippen LogP contribution < -0.4 is 4.70 Å². The third-order valence-corrected chi connectivity index (χ3v) is 5.46. The van der Waals surface area contributed by atoms with Gasteiger partial charge in [0.05, 0.1) is 16.4 Å². The zero-order valence-electron chi connectivity index (χ0n) is 14.3. The fraction of sp³-hybridized carbons (Fsp3) is 0.444. The molecule has 0 fully saturated rings. The number of fused-ring (bicyclic) bond motifs is 1. The first-order valence-corrected chi connectivity index (χ1v) is 8.75. The molecular formula is C18H24ClN4+. The van der Waals surface area contributed by atoms with Gasteiger partial charge in [0.2, 0.25) is 0 Å². The van der Waals surface area contributed by atoms with Crippen LogP contribution in [0.15, 0.2) is 41.1 Å². The van der Waals surface area contributed by atoms with Crippen molar-refractivity contribution in [2.45, 2.75) is 53.0 Å². The molecule has 2 heterocycles. The smallest absolute Gasteiger partial charge is 0.165 e. The molecule has 0 aliphatic carbocycles. The van der Waals surface area contributed by atoms with Crippen molar-refractivity contribution in [2.24, 2.45) is 10.3 Å². The van der Waals surface area contributed by atoms with Crippen LogP contribution in [0.2, 0.25) is 5.02 Å². The van der Waals surface area contributed by atoms with Gasteiger partial charge >= 0.3 is 0 Å². The number of aryl methyl sites for hydroxylation is 1. The summed E-state index contributed by atoms with van der Waals surface area (Å²) in [6.45, 7) is 8.66. The molecule has 0 bridgehead atoms. The molecule has 1 aliphatic heterocycles. The summed E-state index contributed by atoms with van der Waals surface area (Å²) >= 11 is 6.76. The molecule has 4 nitrogen and oxygen atoms in total. The molecule has 5 heteroatoms. The number of benzene rings is 1. The van der Waals surface area contributed by atoms with Crippen LogP contribution >= 0.6 is 11.6 Å². The highest BCUT2D eigenvalue weighted by molar-refractivity contribution is 6.36. The van der Waals surface area contributed by atoms with Crippen molar-refractivity contribution in [1.29, 1.82) is 0 Å². The van der Waals surface area contributed by atoms with Gasteiger partial charge < -0.3 is 0 Å². The summed E-state index contributed by atoms with van der Waals surface area (Å²) in [6, 6.07) is 4.70. The van der Waals surface area contributed by atoms with Crippen molar-refractivity contribution in [1.82, 2.24) is 9.38 Å². The van der Waals surface area contributed by atoms with E-state index >= 15 is 0 Å². The maximum absolute atomic E-state index is 6.76. The van der Waals surface area contributed by atoms with E-state index in [1.807, 2.05) is 0 Å². The summed E-state index contributed by atoms with van der Waals surface area (Å²) < 4.78 is 2.51. The van der Waals surface area contributed by atoms with Crippen molar-refractivity contribution in [3.63, 3.8) is 0 Å². The standard InChI is InChI=1S/C18H24ClN4/c1-5-14-12-15-8-10-22(18(15)17(19)13(14)4)23(11-9-20-21-23)16(6-2)7-3/h8-12,16H,5-7H2,1-4H3/q+1. The average Bonchev–Trinajstić information content (AvgIpc) is 3.19. The number of rotatable bonds is 5. The summed E-state index contributed by atoms with van der Waals surface area (Å²) in [6.07, 6.45) is 8.94. The van der Waals surface area contributed by atoms with Crippen LogP contribution in [-0.4, -0.2) is 10.7 Å². The lowest BCUT2D eigenvalue weighted by Crippen LogP contribution is -2.54. The molecular weight excluding hydrogens is 308 g/mol. The first-order chi connectivity index (χ1) is 11.1. The molecule has 23 heavy (non-hydrogen) atoms. The van der Waals surface area contributed by atoms with Gasteiger partial charge in [-0.2, -0.15) is 4.68 Å². The van der Waals surface area contributed by atoms with Crippen LogP contribution in [0, 0.1) is 6.92 Å². The normalized spacial score (nSPS) is 20.3. The van der Waals surface area contributed by atoms with E-state index in [1.54, 1.807) is 6.20 Å². The monoisotopic (exact) mass is 331 g/mol. The number of hydrogen-bond donors (Lipinski definition) is 0. The third-order valence-electron chi connectivity index (χ3n) is 5.00. The molecule has 1 aromatic heterocycles. The molecule has 2 aromatic rings. The molecule has 0 saturated heterocycles. The highest BCUT2D eigenvalue weighted by atomic mass is 35.5. The quantitative estimate of drug-likeness (QED) is 0.634. The lowest BCUT2D eigenvalue weighted by Gasteiger charge is -2.32. The van der Waals surface area contributed by atoms with E-state index in [4.69, 9.17) is 11.6 Å².